The second-order valence-corrected chi connectivity index (χ2v) is 7.50. The molecule has 0 aliphatic heterocycles. The summed E-state index contributed by atoms with van der Waals surface area (Å²) < 4.78 is 0. The molecule has 28 heavy (non-hydrogen) atoms. The van der Waals surface area contributed by atoms with Crippen molar-refractivity contribution < 1.29 is 4.79 Å². The van der Waals surface area contributed by atoms with Crippen molar-refractivity contribution >= 4 is 11.9 Å². The minimum Gasteiger partial charge on any atom is -0.357 e. The van der Waals surface area contributed by atoms with Gasteiger partial charge in [-0.2, -0.15) is 0 Å². The fraction of sp³-hybridized carbons (Fsp3) is 0.636. The maximum Gasteiger partial charge on any atom is 0.251 e. The van der Waals surface area contributed by atoms with Gasteiger partial charge in [0.25, 0.3) is 5.91 Å². The predicted molar refractivity (Wildman–Crippen MR) is 119 cm³/mol. The number of benzene rings is 1. The lowest BCUT2D eigenvalue weighted by Gasteiger charge is -2.30. The van der Waals surface area contributed by atoms with E-state index < -0.39 is 0 Å². The first kappa shape index (κ1) is 24.0. The van der Waals surface area contributed by atoms with Crippen molar-refractivity contribution in [2.75, 3.05) is 33.2 Å². The highest BCUT2D eigenvalue weighted by atomic mass is 16.1. The van der Waals surface area contributed by atoms with Crippen LogP contribution >= 0.6 is 0 Å². The average Bonchev–Trinajstić information content (AvgIpc) is 2.66. The second kappa shape index (κ2) is 13.2. The topological polar surface area (TPSA) is 68.8 Å². The highest BCUT2D eigenvalue weighted by Gasteiger charge is 2.12. The lowest BCUT2D eigenvalue weighted by Crippen LogP contribution is -2.39. The highest BCUT2D eigenvalue weighted by Crippen LogP contribution is 2.06. The van der Waals surface area contributed by atoms with E-state index in [0.29, 0.717) is 17.6 Å². The van der Waals surface area contributed by atoms with Crippen LogP contribution in [0.25, 0.3) is 0 Å². The molecule has 1 amide bonds. The first-order valence-corrected chi connectivity index (χ1v) is 10.5. The Morgan fingerprint density at radius 3 is 2.46 bits per heavy atom. The molecule has 3 N–H and O–H groups in total. The van der Waals surface area contributed by atoms with Crippen LogP contribution in [-0.2, 0) is 6.42 Å². The number of amides is 1. The van der Waals surface area contributed by atoms with Crippen LogP contribution in [0.1, 0.15) is 57.0 Å². The Morgan fingerprint density at radius 2 is 1.86 bits per heavy atom. The number of carbonyl (C=O) groups excluding carboxylic acids is 1. The monoisotopic (exact) mass is 389 g/mol. The summed E-state index contributed by atoms with van der Waals surface area (Å²) in [6, 6.07) is 8.86. The van der Waals surface area contributed by atoms with E-state index in [1.54, 1.807) is 7.05 Å². The van der Waals surface area contributed by atoms with E-state index in [-0.39, 0.29) is 5.91 Å². The van der Waals surface area contributed by atoms with Gasteiger partial charge in [-0.15, -0.1) is 0 Å². The van der Waals surface area contributed by atoms with Crippen LogP contribution in [0.2, 0.25) is 0 Å². The number of hydrogen-bond acceptors (Lipinski definition) is 3. The van der Waals surface area contributed by atoms with E-state index in [2.05, 4.69) is 55.5 Å². The van der Waals surface area contributed by atoms with Crippen molar-refractivity contribution in [3.05, 3.63) is 35.4 Å². The second-order valence-electron chi connectivity index (χ2n) is 7.50. The highest BCUT2D eigenvalue weighted by molar-refractivity contribution is 5.94. The van der Waals surface area contributed by atoms with Gasteiger partial charge in [-0.3, -0.25) is 14.7 Å². The molecule has 0 radical (unpaired) electrons. The summed E-state index contributed by atoms with van der Waals surface area (Å²) in [5, 5.41) is 9.36. The van der Waals surface area contributed by atoms with E-state index in [4.69, 9.17) is 4.99 Å². The molecule has 1 aromatic carbocycles. The molecule has 0 aromatic heterocycles. The summed E-state index contributed by atoms with van der Waals surface area (Å²) in [4.78, 5) is 18.9. The lowest BCUT2D eigenvalue weighted by atomic mass is 10.1. The molecule has 0 saturated heterocycles. The normalized spacial score (nSPS) is 12.0. The standard InChI is InChI=1S/C22H39N5O/c1-7-24-22(25-13-9-15-27(17(2)3)18(4)5)26-14-12-19-10-8-11-20(16-19)21(28)23-6/h8,10-11,16-18H,7,9,12-15H2,1-6H3,(H,23,28)(H2,24,25,26). The van der Waals surface area contributed by atoms with Gasteiger partial charge in [0.2, 0.25) is 0 Å². The van der Waals surface area contributed by atoms with Crippen molar-refractivity contribution in [2.45, 2.75) is 59.5 Å². The molecule has 0 heterocycles. The van der Waals surface area contributed by atoms with Gasteiger partial charge >= 0.3 is 0 Å². The van der Waals surface area contributed by atoms with Crippen LogP contribution in [0.5, 0.6) is 0 Å². The number of nitrogens with one attached hydrogen (secondary N) is 3. The molecule has 1 aromatic rings. The molecule has 0 fully saturated rings. The fourth-order valence-electron chi connectivity index (χ4n) is 3.24. The smallest absolute Gasteiger partial charge is 0.251 e. The number of aliphatic imine (C=N–C) groups is 1. The Morgan fingerprint density at radius 1 is 1.14 bits per heavy atom. The van der Waals surface area contributed by atoms with Crippen LogP contribution in [0.15, 0.2) is 29.3 Å². The Kier molecular flexibility index (Phi) is 11.3. The van der Waals surface area contributed by atoms with E-state index in [1.807, 2.05) is 24.3 Å². The van der Waals surface area contributed by atoms with Crippen molar-refractivity contribution in [3.63, 3.8) is 0 Å². The zero-order chi connectivity index (χ0) is 20.9. The van der Waals surface area contributed by atoms with Crippen molar-refractivity contribution in [2.24, 2.45) is 4.99 Å². The van der Waals surface area contributed by atoms with E-state index in [1.165, 1.54) is 0 Å². The third-order valence-electron chi connectivity index (χ3n) is 4.64. The Hall–Kier alpha value is -2.08. The zero-order valence-electron chi connectivity index (χ0n) is 18.5. The molecular weight excluding hydrogens is 350 g/mol. The molecule has 0 saturated carbocycles. The predicted octanol–water partition coefficient (Wildman–Crippen LogP) is 2.65. The third kappa shape index (κ3) is 8.74. The number of guanidine groups is 1. The summed E-state index contributed by atoms with van der Waals surface area (Å²) in [5.41, 5.74) is 1.83. The molecule has 0 bridgehead atoms. The molecule has 1 rings (SSSR count). The van der Waals surface area contributed by atoms with Gasteiger partial charge < -0.3 is 16.0 Å². The Bertz CT molecular complexity index is 605. The van der Waals surface area contributed by atoms with Gasteiger partial charge in [0, 0.05) is 50.9 Å². The van der Waals surface area contributed by atoms with Crippen LogP contribution < -0.4 is 16.0 Å². The van der Waals surface area contributed by atoms with Crippen LogP contribution in [-0.4, -0.2) is 62.1 Å². The van der Waals surface area contributed by atoms with Crippen molar-refractivity contribution in [3.8, 4) is 0 Å². The maximum absolute atomic E-state index is 11.8. The van der Waals surface area contributed by atoms with Gasteiger partial charge in [0.15, 0.2) is 5.96 Å². The van der Waals surface area contributed by atoms with Gasteiger partial charge in [0.05, 0.1) is 0 Å². The van der Waals surface area contributed by atoms with Crippen LogP contribution in [0, 0.1) is 0 Å². The minimum absolute atomic E-state index is 0.0541. The number of nitrogens with zero attached hydrogens (tertiary/aromatic N) is 2. The number of carbonyl (C=O) groups is 1. The molecule has 0 spiro atoms. The minimum atomic E-state index is -0.0541. The number of rotatable bonds is 11. The molecule has 6 heteroatoms. The van der Waals surface area contributed by atoms with E-state index >= 15 is 0 Å². The summed E-state index contributed by atoms with van der Waals surface area (Å²) in [6.45, 7) is 14.5. The van der Waals surface area contributed by atoms with E-state index in [9.17, 15) is 4.79 Å². The summed E-state index contributed by atoms with van der Waals surface area (Å²) in [5.74, 6) is 0.798. The van der Waals surface area contributed by atoms with Crippen molar-refractivity contribution in [1.82, 2.24) is 20.9 Å². The quantitative estimate of drug-likeness (QED) is 0.309. The zero-order valence-corrected chi connectivity index (χ0v) is 18.5. The molecule has 0 unspecified atom stereocenters. The van der Waals surface area contributed by atoms with Crippen LogP contribution in [0.4, 0.5) is 0 Å². The fourth-order valence-corrected chi connectivity index (χ4v) is 3.24. The largest absolute Gasteiger partial charge is 0.357 e. The summed E-state index contributed by atoms with van der Waals surface area (Å²) >= 11 is 0. The maximum atomic E-state index is 11.8. The Balaban J connectivity index is 2.49. The van der Waals surface area contributed by atoms with E-state index in [0.717, 1.165) is 50.5 Å². The molecule has 6 nitrogen and oxygen atoms in total. The molecule has 0 atom stereocenters. The van der Waals surface area contributed by atoms with Crippen LogP contribution in [0.3, 0.4) is 0 Å². The Labute approximate surface area is 171 Å². The molecule has 0 aliphatic carbocycles. The average molecular weight is 390 g/mol. The molecule has 158 valence electrons. The van der Waals surface area contributed by atoms with Gasteiger partial charge in [-0.05, 0) is 65.2 Å². The summed E-state index contributed by atoms with van der Waals surface area (Å²) in [6.07, 6.45) is 1.88. The first-order chi connectivity index (χ1) is 13.4. The number of hydrogen-bond donors (Lipinski definition) is 3. The first-order valence-electron chi connectivity index (χ1n) is 10.5. The molecular formula is C22H39N5O. The van der Waals surface area contributed by atoms with Gasteiger partial charge in [0.1, 0.15) is 0 Å². The van der Waals surface area contributed by atoms with Gasteiger partial charge in [-0.25, -0.2) is 0 Å². The van der Waals surface area contributed by atoms with Gasteiger partial charge in [-0.1, -0.05) is 12.1 Å². The third-order valence-corrected chi connectivity index (χ3v) is 4.64. The SMILES string of the molecule is CCNC(=NCCCN(C(C)C)C(C)C)NCCc1cccc(C(=O)NC)c1. The summed E-state index contributed by atoms with van der Waals surface area (Å²) in [7, 11) is 1.65. The lowest BCUT2D eigenvalue weighted by molar-refractivity contribution is 0.0963. The van der Waals surface area contributed by atoms with Crippen molar-refractivity contribution in [1.29, 1.82) is 0 Å². The molecule has 0 aliphatic rings.